The summed E-state index contributed by atoms with van der Waals surface area (Å²) in [6, 6.07) is 9.67. The monoisotopic (exact) mass is 433 g/mol. The molecule has 3 aromatic heterocycles. The highest BCUT2D eigenvalue weighted by atomic mass is 16.3. The van der Waals surface area contributed by atoms with Crippen LogP contribution in [0.1, 0.15) is 25.5 Å². The molecule has 32 heavy (non-hydrogen) atoms. The molecule has 0 saturated carbocycles. The molecule has 1 saturated heterocycles. The van der Waals surface area contributed by atoms with Crippen molar-refractivity contribution in [3.05, 3.63) is 64.8 Å². The Bertz CT molecular complexity index is 1330. The van der Waals surface area contributed by atoms with Crippen molar-refractivity contribution in [1.82, 2.24) is 29.3 Å². The second kappa shape index (κ2) is 7.99. The highest BCUT2D eigenvalue weighted by Crippen LogP contribution is 2.28. The highest BCUT2D eigenvalue weighted by Gasteiger charge is 2.35. The molecular formula is C23H27N7O2. The zero-order valence-electron chi connectivity index (χ0n) is 18.5. The van der Waals surface area contributed by atoms with Crippen molar-refractivity contribution in [2.75, 3.05) is 24.7 Å². The Kier molecular flexibility index (Phi) is 5.15. The van der Waals surface area contributed by atoms with Crippen LogP contribution in [0.3, 0.4) is 0 Å². The highest BCUT2D eigenvalue weighted by molar-refractivity contribution is 5.75. The fraction of sp³-hybridized carbons (Fsp3) is 0.391. The van der Waals surface area contributed by atoms with Crippen molar-refractivity contribution in [2.24, 2.45) is 7.05 Å². The van der Waals surface area contributed by atoms with Crippen LogP contribution in [0.4, 0.5) is 0 Å². The van der Waals surface area contributed by atoms with Crippen molar-refractivity contribution in [3.8, 4) is 0 Å². The number of benzene rings is 1. The first-order chi connectivity index (χ1) is 15.5. The molecule has 0 spiro atoms. The predicted octanol–water partition coefficient (Wildman–Crippen LogP) is 1.44. The Morgan fingerprint density at radius 3 is 2.62 bits per heavy atom. The predicted molar refractivity (Wildman–Crippen MR) is 123 cm³/mol. The van der Waals surface area contributed by atoms with Crippen LogP contribution < -0.4 is 10.6 Å². The number of piperazine rings is 1. The number of aromatic nitrogens is 5. The summed E-state index contributed by atoms with van der Waals surface area (Å²) in [4.78, 5) is 24.9. The number of fused-ring (bicyclic) bond motifs is 2. The van der Waals surface area contributed by atoms with E-state index in [0.717, 1.165) is 34.2 Å². The van der Waals surface area contributed by atoms with Crippen LogP contribution in [0.2, 0.25) is 0 Å². The molecule has 4 heterocycles. The first kappa shape index (κ1) is 20.6. The van der Waals surface area contributed by atoms with Crippen LogP contribution in [-0.2, 0) is 7.05 Å². The summed E-state index contributed by atoms with van der Waals surface area (Å²) >= 11 is 0. The van der Waals surface area contributed by atoms with Gasteiger partial charge in [-0.2, -0.15) is 9.89 Å². The zero-order chi connectivity index (χ0) is 22.4. The van der Waals surface area contributed by atoms with Crippen molar-refractivity contribution in [2.45, 2.75) is 32.0 Å². The normalized spacial score (nSPS) is 20.8. The van der Waals surface area contributed by atoms with E-state index < -0.39 is 0 Å². The third kappa shape index (κ3) is 3.43. The van der Waals surface area contributed by atoms with Gasteiger partial charge in [0.1, 0.15) is 5.52 Å². The second-order valence-electron chi connectivity index (χ2n) is 8.54. The van der Waals surface area contributed by atoms with Crippen molar-refractivity contribution >= 4 is 22.1 Å². The van der Waals surface area contributed by atoms with Gasteiger partial charge in [-0.25, -0.2) is 0 Å². The fourth-order valence-corrected chi connectivity index (χ4v) is 4.66. The molecule has 9 heteroatoms. The third-order valence-electron chi connectivity index (χ3n) is 6.58. The van der Waals surface area contributed by atoms with Gasteiger partial charge in [-0.3, -0.25) is 24.7 Å². The van der Waals surface area contributed by atoms with E-state index in [-0.39, 0.29) is 30.3 Å². The molecule has 1 unspecified atom stereocenters. The number of pyridine rings is 1. The van der Waals surface area contributed by atoms with Crippen molar-refractivity contribution in [3.63, 3.8) is 0 Å². The maximum absolute atomic E-state index is 12.0. The Morgan fingerprint density at radius 2 is 1.84 bits per heavy atom. The smallest absolute Gasteiger partial charge is 0.250 e. The van der Waals surface area contributed by atoms with Crippen molar-refractivity contribution < 1.29 is 5.11 Å². The SMILES string of the molecule is CC(c1ccc2nccnc2c1)N1C[C@H](C)N(n2cc3c(ccc(=O)n3C)n2)C[C@H]1CO. The Balaban J connectivity index is 1.42. The quantitative estimate of drug-likeness (QED) is 0.521. The van der Waals surface area contributed by atoms with Gasteiger partial charge in [0.15, 0.2) is 0 Å². The maximum Gasteiger partial charge on any atom is 0.250 e. The van der Waals surface area contributed by atoms with Gasteiger partial charge in [0.05, 0.1) is 48.0 Å². The number of nitrogens with zero attached hydrogens (tertiary/aromatic N) is 7. The van der Waals surface area contributed by atoms with Crippen LogP contribution in [0, 0.1) is 0 Å². The van der Waals surface area contributed by atoms with Crippen LogP contribution in [0.25, 0.3) is 22.1 Å². The van der Waals surface area contributed by atoms with E-state index in [2.05, 4.69) is 51.0 Å². The first-order valence-corrected chi connectivity index (χ1v) is 10.9. The van der Waals surface area contributed by atoms with Gasteiger partial charge in [-0.15, -0.1) is 0 Å². The molecular weight excluding hydrogens is 406 g/mol. The number of hydrogen-bond donors (Lipinski definition) is 1. The minimum atomic E-state index is -0.0603. The van der Waals surface area contributed by atoms with Gasteiger partial charge >= 0.3 is 0 Å². The second-order valence-corrected chi connectivity index (χ2v) is 8.54. The van der Waals surface area contributed by atoms with Crippen LogP contribution in [0.5, 0.6) is 0 Å². The van der Waals surface area contributed by atoms with E-state index in [1.54, 1.807) is 30.1 Å². The van der Waals surface area contributed by atoms with Crippen LogP contribution in [-0.4, -0.2) is 66.2 Å². The van der Waals surface area contributed by atoms with E-state index in [1.807, 2.05) is 17.1 Å². The molecule has 1 aliphatic heterocycles. The summed E-state index contributed by atoms with van der Waals surface area (Å²) in [5, 5.41) is 17.1. The molecule has 4 aromatic rings. The number of aliphatic hydroxyl groups excluding tert-OH is 1. The number of aliphatic hydroxyl groups is 1. The van der Waals surface area contributed by atoms with E-state index in [4.69, 9.17) is 0 Å². The van der Waals surface area contributed by atoms with Gasteiger partial charge in [0, 0.05) is 38.1 Å². The summed E-state index contributed by atoms with van der Waals surface area (Å²) in [5.74, 6) is 0. The first-order valence-electron chi connectivity index (χ1n) is 10.9. The van der Waals surface area contributed by atoms with Gasteiger partial charge in [-0.05, 0) is 37.6 Å². The van der Waals surface area contributed by atoms with Gasteiger partial charge in [0.2, 0.25) is 0 Å². The molecule has 0 aliphatic carbocycles. The Morgan fingerprint density at radius 1 is 1.09 bits per heavy atom. The largest absolute Gasteiger partial charge is 0.395 e. The molecule has 1 aliphatic rings. The molecule has 1 aromatic carbocycles. The summed E-state index contributed by atoms with van der Waals surface area (Å²) in [6.45, 7) is 5.75. The molecule has 0 radical (unpaired) electrons. The molecule has 9 nitrogen and oxygen atoms in total. The molecule has 0 bridgehead atoms. The topological polar surface area (TPSA) is 92.3 Å². The van der Waals surface area contributed by atoms with E-state index in [1.165, 1.54) is 6.07 Å². The summed E-state index contributed by atoms with van der Waals surface area (Å²) < 4.78 is 1.61. The van der Waals surface area contributed by atoms with E-state index in [0.29, 0.717) is 6.54 Å². The number of rotatable bonds is 4. The molecule has 3 atom stereocenters. The van der Waals surface area contributed by atoms with Crippen LogP contribution in [0.15, 0.2) is 53.7 Å². The van der Waals surface area contributed by atoms with E-state index >= 15 is 0 Å². The lowest BCUT2D eigenvalue weighted by molar-refractivity contribution is 0.0543. The lowest BCUT2D eigenvalue weighted by Gasteiger charge is -2.47. The average Bonchev–Trinajstić information content (AvgIpc) is 3.25. The fourth-order valence-electron chi connectivity index (χ4n) is 4.66. The summed E-state index contributed by atoms with van der Waals surface area (Å²) in [6.07, 6.45) is 5.30. The van der Waals surface area contributed by atoms with Gasteiger partial charge < -0.3 is 9.67 Å². The van der Waals surface area contributed by atoms with Gasteiger partial charge in [-0.1, -0.05) is 6.07 Å². The number of aryl methyl sites for hydroxylation is 1. The summed E-state index contributed by atoms with van der Waals surface area (Å²) in [7, 11) is 1.75. The standard InChI is InChI=1S/C23H27N7O2/c1-15-11-28(16(2)17-4-5-19-21(10-17)25-9-8-24-19)18(14-31)12-29(15)30-13-22-20(26-30)6-7-23(32)27(22)3/h4-10,13,15-16,18,31H,11-12,14H2,1-3H3/t15-,16?,18-/m0/s1. The zero-order valence-corrected chi connectivity index (χ0v) is 18.5. The van der Waals surface area contributed by atoms with Crippen LogP contribution >= 0.6 is 0 Å². The summed E-state index contributed by atoms with van der Waals surface area (Å²) in [5.41, 5.74) is 4.40. The molecule has 1 fully saturated rings. The molecule has 5 rings (SSSR count). The third-order valence-corrected chi connectivity index (χ3v) is 6.58. The minimum absolute atomic E-state index is 0.0419. The van der Waals surface area contributed by atoms with Crippen molar-refractivity contribution in [1.29, 1.82) is 0 Å². The lowest BCUT2D eigenvalue weighted by Crippen LogP contribution is -2.62. The Hall–Kier alpha value is -3.30. The van der Waals surface area contributed by atoms with Gasteiger partial charge in [0.25, 0.3) is 5.56 Å². The lowest BCUT2D eigenvalue weighted by atomic mass is 10.0. The number of hydrogen-bond acceptors (Lipinski definition) is 7. The average molecular weight is 434 g/mol. The Labute approximate surface area is 185 Å². The molecule has 1 N–H and O–H groups in total. The molecule has 166 valence electrons. The molecule has 0 amide bonds. The minimum Gasteiger partial charge on any atom is -0.395 e. The van der Waals surface area contributed by atoms with E-state index in [9.17, 15) is 9.90 Å². The maximum atomic E-state index is 12.0.